The van der Waals surface area contributed by atoms with E-state index in [1.807, 2.05) is 27.2 Å². The summed E-state index contributed by atoms with van der Waals surface area (Å²) < 4.78 is 0. The van der Waals surface area contributed by atoms with Crippen molar-refractivity contribution in [3.63, 3.8) is 0 Å². The quantitative estimate of drug-likeness (QED) is 0.847. The van der Waals surface area contributed by atoms with E-state index in [1.54, 1.807) is 0 Å². The largest absolute Gasteiger partial charge is 0.379 e. The third-order valence-corrected chi connectivity index (χ3v) is 2.60. The fraction of sp³-hybridized carbons (Fsp3) is 0.308. The molecule has 0 aliphatic heterocycles. The zero-order valence-electron chi connectivity index (χ0n) is 10.5. The first-order chi connectivity index (χ1) is 8.15. The van der Waals surface area contributed by atoms with E-state index in [9.17, 15) is 0 Å². The lowest BCUT2D eigenvalue weighted by Gasteiger charge is -2.14. The molecule has 4 heteroatoms. The number of rotatable bonds is 4. The number of aromatic amines is 1. The van der Waals surface area contributed by atoms with Gasteiger partial charge in [-0.2, -0.15) is 0 Å². The summed E-state index contributed by atoms with van der Waals surface area (Å²) in [5.41, 5.74) is 3.40. The Morgan fingerprint density at radius 1 is 1.35 bits per heavy atom. The number of aromatic nitrogens is 2. The first-order valence-corrected chi connectivity index (χ1v) is 5.67. The number of nitrogens with zero attached hydrogens (tertiary/aromatic N) is 2. The van der Waals surface area contributed by atoms with Crippen LogP contribution in [0.1, 0.15) is 11.5 Å². The summed E-state index contributed by atoms with van der Waals surface area (Å²) in [6.07, 6.45) is 1.86. The lowest BCUT2D eigenvalue weighted by atomic mass is 10.2. The first-order valence-electron chi connectivity index (χ1n) is 5.67. The van der Waals surface area contributed by atoms with Gasteiger partial charge in [0.05, 0.1) is 18.4 Å². The summed E-state index contributed by atoms with van der Waals surface area (Å²) in [5.74, 6) is 0.948. The SMILES string of the molecule is Cc1ncc(CNc2cccc(N(C)C)c2)[nH]1. The number of benzene rings is 1. The Balaban J connectivity index is 2.01. The molecule has 0 bridgehead atoms. The van der Waals surface area contributed by atoms with Crippen LogP contribution in [0.3, 0.4) is 0 Å². The molecule has 0 aliphatic carbocycles. The Morgan fingerprint density at radius 3 is 2.82 bits per heavy atom. The number of hydrogen-bond acceptors (Lipinski definition) is 3. The second-order valence-electron chi connectivity index (χ2n) is 4.29. The van der Waals surface area contributed by atoms with Crippen LogP contribution in [0.2, 0.25) is 0 Å². The van der Waals surface area contributed by atoms with Gasteiger partial charge in [-0.3, -0.25) is 0 Å². The van der Waals surface area contributed by atoms with Crippen molar-refractivity contribution in [3.8, 4) is 0 Å². The molecule has 90 valence electrons. The van der Waals surface area contributed by atoms with Gasteiger partial charge >= 0.3 is 0 Å². The van der Waals surface area contributed by atoms with Crippen LogP contribution in [0.25, 0.3) is 0 Å². The van der Waals surface area contributed by atoms with Crippen LogP contribution in [-0.2, 0) is 6.54 Å². The summed E-state index contributed by atoms with van der Waals surface area (Å²) in [6.45, 7) is 2.72. The number of imidazole rings is 1. The van der Waals surface area contributed by atoms with Gasteiger partial charge in [-0.05, 0) is 25.1 Å². The maximum atomic E-state index is 4.17. The highest BCUT2D eigenvalue weighted by Gasteiger charge is 1.99. The molecule has 0 fully saturated rings. The van der Waals surface area contributed by atoms with Gasteiger partial charge in [-0.15, -0.1) is 0 Å². The molecule has 0 spiro atoms. The van der Waals surface area contributed by atoms with E-state index >= 15 is 0 Å². The Morgan fingerprint density at radius 2 is 2.18 bits per heavy atom. The maximum absolute atomic E-state index is 4.17. The second-order valence-corrected chi connectivity index (χ2v) is 4.29. The van der Waals surface area contributed by atoms with Crippen LogP contribution in [0, 0.1) is 6.92 Å². The number of aryl methyl sites for hydroxylation is 1. The molecule has 0 unspecified atom stereocenters. The molecule has 2 rings (SSSR count). The summed E-state index contributed by atoms with van der Waals surface area (Å²) in [7, 11) is 4.08. The zero-order valence-corrected chi connectivity index (χ0v) is 10.5. The molecule has 17 heavy (non-hydrogen) atoms. The van der Waals surface area contributed by atoms with Crippen molar-refractivity contribution in [1.82, 2.24) is 9.97 Å². The highest BCUT2D eigenvalue weighted by atomic mass is 15.1. The van der Waals surface area contributed by atoms with E-state index in [0.29, 0.717) is 0 Å². The molecule has 0 amide bonds. The van der Waals surface area contributed by atoms with Crippen LogP contribution >= 0.6 is 0 Å². The molecule has 1 heterocycles. The molecular formula is C13H18N4. The van der Waals surface area contributed by atoms with Crippen molar-refractivity contribution in [3.05, 3.63) is 42.0 Å². The van der Waals surface area contributed by atoms with Crippen molar-refractivity contribution < 1.29 is 0 Å². The molecule has 1 aromatic heterocycles. The number of anilines is 2. The molecule has 1 aromatic carbocycles. The van der Waals surface area contributed by atoms with E-state index in [2.05, 4.69) is 44.5 Å². The highest BCUT2D eigenvalue weighted by molar-refractivity contribution is 5.57. The van der Waals surface area contributed by atoms with Gasteiger partial charge in [0.2, 0.25) is 0 Å². The van der Waals surface area contributed by atoms with Gasteiger partial charge in [0, 0.05) is 25.5 Å². The average Bonchev–Trinajstić information content (AvgIpc) is 2.73. The molecule has 0 saturated carbocycles. The second kappa shape index (κ2) is 4.91. The summed E-state index contributed by atoms with van der Waals surface area (Å²) in [6, 6.07) is 8.33. The van der Waals surface area contributed by atoms with Crippen LogP contribution in [-0.4, -0.2) is 24.1 Å². The van der Waals surface area contributed by atoms with E-state index < -0.39 is 0 Å². The first kappa shape index (κ1) is 11.5. The average molecular weight is 230 g/mol. The summed E-state index contributed by atoms with van der Waals surface area (Å²) >= 11 is 0. The van der Waals surface area contributed by atoms with Crippen LogP contribution in [0.4, 0.5) is 11.4 Å². The van der Waals surface area contributed by atoms with Gasteiger partial charge in [-0.1, -0.05) is 6.07 Å². The minimum absolute atomic E-state index is 0.762. The van der Waals surface area contributed by atoms with Gasteiger partial charge in [-0.25, -0.2) is 4.98 Å². The Labute approximate surface area is 102 Å². The van der Waals surface area contributed by atoms with Crippen molar-refractivity contribution in [1.29, 1.82) is 0 Å². The third-order valence-electron chi connectivity index (χ3n) is 2.60. The predicted octanol–water partition coefficient (Wildman–Crippen LogP) is 2.40. The molecule has 4 nitrogen and oxygen atoms in total. The zero-order chi connectivity index (χ0) is 12.3. The molecular weight excluding hydrogens is 212 g/mol. The smallest absolute Gasteiger partial charge is 0.103 e. The van der Waals surface area contributed by atoms with Gasteiger partial charge < -0.3 is 15.2 Å². The molecule has 0 atom stereocenters. The van der Waals surface area contributed by atoms with Crippen LogP contribution < -0.4 is 10.2 Å². The number of hydrogen-bond donors (Lipinski definition) is 2. The van der Waals surface area contributed by atoms with Gasteiger partial charge in [0.15, 0.2) is 0 Å². The molecule has 0 aliphatic rings. The van der Waals surface area contributed by atoms with E-state index in [4.69, 9.17) is 0 Å². The van der Waals surface area contributed by atoms with Gasteiger partial charge in [0.1, 0.15) is 5.82 Å². The monoisotopic (exact) mass is 230 g/mol. The van der Waals surface area contributed by atoms with E-state index in [0.717, 1.165) is 23.8 Å². The lowest BCUT2D eigenvalue weighted by molar-refractivity contribution is 1.05. The molecule has 0 saturated heterocycles. The summed E-state index contributed by atoms with van der Waals surface area (Å²) in [5, 5.41) is 3.37. The minimum atomic E-state index is 0.762. The van der Waals surface area contributed by atoms with E-state index in [1.165, 1.54) is 5.69 Å². The van der Waals surface area contributed by atoms with E-state index in [-0.39, 0.29) is 0 Å². The number of H-pyrrole nitrogens is 1. The van der Waals surface area contributed by atoms with Crippen molar-refractivity contribution in [2.45, 2.75) is 13.5 Å². The third kappa shape index (κ3) is 3.00. The fourth-order valence-electron chi connectivity index (χ4n) is 1.65. The van der Waals surface area contributed by atoms with Crippen molar-refractivity contribution in [2.24, 2.45) is 0 Å². The van der Waals surface area contributed by atoms with Crippen LogP contribution in [0.5, 0.6) is 0 Å². The Bertz CT molecular complexity index is 488. The maximum Gasteiger partial charge on any atom is 0.103 e. The topological polar surface area (TPSA) is 44.0 Å². The number of nitrogens with one attached hydrogen (secondary N) is 2. The molecule has 2 N–H and O–H groups in total. The summed E-state index contributed by atoms with van der Waals surface area (Å²) in [4.78, 5) is 9.46. The lowest BCUT2D eigenvalue weighted by Crippen LogP contribution is -2.09. The van der Waals surface area contributed by atoms with Crippen LogP contribution in [0.15, 0.2) is 30.5 Å². The minimum Gasteiger partial charge on any atom is -0.379 e. The predicted molar refractivity (Wildman–Crippen MR) is 71.4 cm³/mol. The standard InChI is InChI=1S/C13H18N4/c1-10-14-8-12(16-10)9-15-11-5-4-6-13(7-11)17(2)3/h4-8,15H,9H2,1-3H3,(H,14,16). The highest BCUT2D eigenvalue weighted by Crippen LogP contribution is 2.17. The van der Waals surface area contributed by atoms with Crippen molar-refractivity contribution >= 4 is 11.4 Å². The van der Waals surface area contributed by atoms with Gasteiger partial charge in [0.25, 0.3) is 0 Å². The fourth-order valence-corrected chi connectivity index (χ4v) is 1.65. The molecule has 0 radical (unpaired) electrons. The Kier molecular flexibility index (Phi) is 3.32. The van der Waals surface area contributed by atoms with Crippen molar-refractivity contribution in [2.75, 3.05) is 24.3 Å². The Hall–Kier alpha value is -1.97. The molecule has 2 aromatic rings. The normalized spacial score (nSPS) is 10.3.